The molecular formula is C25H24ClFN4O5S. The van der Waals surface area contributed by atoms with Gasteiger partial charge in [0.15, 0.2) is 10.8 Å². The molecule has 2 saturated heterocycles. The molecule has 1 aliphatic carbocycles. The molecule has 5 atom stereocenters. The van der Waals surface area contributed by atoms with Crippen molar-refractivity contribution >= 4 is 40.7 Å². The van der Waals surface area contributed by atoms with Crippen LogP contribution in [0, 0.1) is 17.2 Å². The van der Waals surface area contributed by atoms with Crippen LogP contribution in [0.25, 0.3) is 0 Å². The number of carboxylic acid groups (broad SMARTS) is 1. The van der Waals surface area contributed by atoms with Crippen LogP contribution in [0.15, 0.2) is 46.0 Å². The number of carboxylic acids is 1. The summed E-state index contributed by atoms with van der Waals surface area (Å²) in [7, 11) is 1.29. The summed E-state index contributed by atoms with van der Waals surface area (Å²) in [6, 6.07) is 3.72. The van der Waals surface area contributed by atoms with E-state index in [4.69, 9.17) is 26.1 Å². The Morgan fingerprint density at radius 2 is 2.24 bits per heavy atom. The van der Waals surface area contributed by atoms with E-state index in [0.717, 1.165) is 6.42 Å². The van der Waals surface area contributed by atoms with Crippen molar-refractivity contribution in [1.29, 1.82) is 0 Å². The Balaban J connectivity index is 1.39. The number of thiazole rings is 1. The smallest absolute Gasteiger partial charge is 0.338 e. The number of aromatic nitrogens is 1. The van der Waals surface area contributed by atoms with Crippen LogP contribution < -0.4 is 5.32 Å². The van der Waals surface area contributed by atoms with Gasteiger partial charge in [0.2, 0.25) is 0 Å². The van der Waals surface area contributed by atoms with Crippen molar-refractivity contribution in [3.8, 4) is 0 Å². The Morgan fingerprint density at radius 3 is 2.97 bits per heavy atom. The van der Waals surface area contributed by atoms with Crippen LogP contribution >= 0.6 is 22.9 Å². The van der Waals surface area contributed by atoms with Crippen LogP contribution in [0.1, 0.15) is 29.5 Å². The molecule has 194 valence electrons. The average molecular weight is 547 g/mol. The average Bonchev–Trinajstić information content (AvgIpc) is 3.56. The van der Waals surface area contributed by atoms with E-state index in [1.165, 1.54) is 30.6 Å². The van der Waals surface area contributed by atoms with Gasteiger partial charge in [0.05, 0.1) is 30.9 Å². The first kappa shape index (κ1) is 24.5. The highest BCUT2D eigenvalue weighted by Crippen LogP contribution is 2.65. The van der Waals surface area contributed by atoms with Crippen molar-refractivity contribution in [2.24, 2.45) is 16.3 Å². The number of aliphatic carboxylic acids is 1. The van der Waals surface area contributed by atoms with Crippen molar-refractivity contribution in [2.75, 3.05) is 26.9 Å². The van der Waals surface area contributed by atoms with Crippen molar-refractivity contribution in [1.82, 2.24) is 15.2 Å². The molecule has 37 heavy (non-hydrogen) atoms. The largest absolute Gasteiger partial charge is 0.481 e. The highest BCUT2D eigenvalue weighted by atomic mass is 35.5. The molecule has 4 heterocycles. The number of likely N-dealkylation sites (tertiary alicyclic amines) is 1. The number of esters is 1. The lowest BCUT2D eigenvalue weighted by molar-refractivity contribution is -0.222. The van der Waals surface area contributed by atoms with Gasteiger partial charge in [0.1, 0.15) is 11.9 Å². The molecule has 3 aliphatic heterocycles. The van der Waals surface area contributed by atoms with Gasteiger partial charge >= 0.3 is 11.9 Å². The Bertz CT molecular complexity index is 1330. The number of amidine groups is 1. The highest BCUT2D eigenvalue weighted by molar-refractivity contribution is 7.11. The fourth-order valence-electron chi connectivity index (χ4n) is 6.47. The molecule has 0 amide bonds. The molecule has 2 N–H and O–H groups in total. The summed E-state index contributed by atoms with van der Waals surface area (Å²) in [5, 5.41) is 15.0. The molecule has 0 bridgehead atoms. The predicted octanol–water partition coefficient (Wildman–Crippen LogP) is 3.02. The van der Waals surface area contributed by atoms with Crippen LogP contribution in [-0.4, -0.2) is 71.7 Å². The first-order valence-corrected chi connectivity index (χ1v) is 13.2. The number of benzene rings is 1. The Labute approximate surface area is 220 Å². The summed E-state index contributed by atoms with van der Waals surface area (Å²) in [6.45, 7) is 1.40. The number of ether oxygens (including phenoxy) is 2. The van der Waals surface area contributed by atoms with Gasteiger partial charge in [-0.2, -0.15) is 0 Å². The van der Waals surface area contributed by atoms with E-state index in [9.17, 15) is 19.1 Å². The maximum Gasteiger partial charge on any atom is 0.338 e. The number of methoxy groups -OCH3 is 1. The number of rotatable bonds is 7. The minimum Gasteiger partial charge on any atom is -0.481 e. The predicted molar refractivity (Wildman–Crippen MR) is 133 cm³/mol. The van der Waals surface area contributed by atoms with E-state index < -0.39 is 23.8 Å². The number of aliphatic imine (C=N–C) groups is 1. The molecular weight excluding hydrogens is 523 g/mol. The summed E-state index contributed by atoms with van der Waals surface area (Å²) in [6.07, 6.45) is 2.53. The zero-order valence-electron chi connectivity index (χ0n) is 19.8. The van der Waals surface area contributed by atoms with Gasteiger partial charge < -0.3 is 19.9 Å². The third-order valence-electron chi connectivity index (χ3n) is 8.14. The topological polar surface area (TPSA) is 113 Å². The van der Waals surface area contributed by atoms with Gasteiger partial charge in [-0.15, -0.1) is 11.3 Å². The molecule has 4 unspecified atom stereocenters. The fourth-order valence-corrected chi connectivity index (χ4v) is 7.29. The fraction of sp³-hybridized carbons (Fsp3) is 0.440. The number of carbonyl (C=O) groups is 2. The summed E-state index contributed by atoms with van der Waals surface area (Å²) in [5.74, 6) is -1.48. The minimum atomic E-state index is -0.905. The second kappa shape index (κ2) is 9.16. The summed E-state index contributed by atoms with van der Waals surface area (Å²) < 4.78 is 25.4. The van der Waals surface area contributed by atoms with Gasteiger partial charge in [0, 0.05) is 53.3 Å². The third-order valence-corrected chi connectivity index (χ3v) is 9.32. The Hall–Kier alpha value is -2.86. The third kappa shape index (κ3) is 3.70. The van der Waals surface area contributed by atoms with Crippen LogP contribution in [-0.2, 0) is 19.1 Å². The van der Waals surface area contributed by atoms with Gasteiger partial charge in [-0.05, 0) is 18.4 Å². The summed E-state index contributed by atoms with van der Waals surface area (Å²) in [5.41, 5.74) is 0.992. The van der Waals surface area contributed by atoms with Gasteiger partial charge in [-0.25, -0.2) is 14.2 Å². The van der Waals surface area contributed by atoms with Crippen molar-refractivity contribution < 1.29 is 28.6 Å². The molecule has 1 aromatic heterocycles. The minimum absolute atomic E-state index is 0.0437. The van der Waals surface area contributed by atoms with Crippen LogP contribution in [0.2, 0.25) is 5.02 Å². The zero-order chi connectivity index (χ0) is 25.9. The molecule has 1 aromatic carbocycles. The van der Waals surface area contributed by atoms with Gasteiger partial charge in [-0.3, -0.25) is 14.7 Å². The number of halogens is 2. The molecule has 0 radical (unpaired) electrons. The molecule has 3 fully saturated rings. The van der Waals surface area contributed by atoms with Gasteiger partial charge in [-0.1, -0.05) is 23.7 Å². The van der Waals surface area contributed by atoms with Crippen molar-refractivity contribution in [3.63, 3.8) is 0 Å². The number of carbonyl (C=O) groups excluding carboxylic acids is 1. The maximum atomic E-state index is 14.5. The second-order valence-electron chi connectivity index (χ2n) is 9.73. The molecule has 4 aliphatic rings. The number of nitrogens with zero attached hydrogens (tertiary/aromatic N) is 3. The number of hydrogen-bond acceptors (Lipinski definition) is 9. The second-order valence-corrected chi connectivity index (χ2v) is 11.0. The number of hydrogen-bond donors (Lipinski definition) is 2. The van der Waals surface area contributed by atoms with Crippen LogP contribution in [0.3, 0.4) is 0 Å². The highest BCUT2D eigenvalue weighted by Gasteiger charge is 2.73. The van der Waals surface area contributed by atoms with E-state index in [2.05, 4.69) is 15.2 Å². The zero-order valence-corrected chi connectivity index (χ0v) is 21.4. The van der Waals surface area contributed by atoms with Crippen LogP contribution in [0.4, 0.5) is 4.39 Å². The first-order chi connectivity index (χ1) is 17.8. The lowest BCUT2D eigenvalue weighted by Crippen LogP contribution is -2.80. The monoisotopic (exact) mass is 546 g/mol. The van der Waals surface area contributed by atoms with Gasteiger partial charge in [0.25, 0.3) is 0 Å². The quantitative estimate of drug-likeness (QED) is 0.510. The molecule has 2 aromatic rings. The van der Waals surface area contributed by atoms with E-state index in [1.54, 1.807) is 12.3 Å². The maximum absolute atomic E-state index is 14.5. The molecule has 1 spiro atoms. The van der Waals surface area contributed by atoms with E-state index >= 15 is 0 Å². The van der Waals surface area contributed by atoms with E-state index in [0.29, 0.717) is 41.9 Å². The number of piperidine rings is 1. The Morgan fingerprint density at radius 1 is 1.41 bits per heavy atom. The molecule has 1 saturated carbocycles. The van der Waals surface area contributed by atoms with E-state index in [1.807, 2.05) is 5.38 Å². The summed E-state index contributed by atoms with van der Waals surface area (Å²) >= 11 is 7.74. The normalized spacial score (nSPS) is 30.4. The molecule has 6 rings (SSSR count). The van der Waals surface area contributed by atoms with Crippen molar-refractivity contribution in [3.05, 3.63) is 62.5 Å². The van der Waals surface area contributed by atoms with Crippen molar-refractivity contribution in [2.45, 2.75) is 31.0 Å². The standard InChI is InChI=1S/C25H24ClFN4O5S/c1-35-24(34)19-15(9-31-16-7-12(8-18(32)33)25(16)11-36-10-17(25)31)29-22(23-28-5-6-37-23)30-21(19)13-3-2-4-14(27)20(13)26/h2-6,12,16-17,21H,7-11H2,1H3,(H,29,30)(H,32,33)/t12?,16?,17?,21-,25?/m0/s1. The van der Waals surface area contributed by atoms with Crippen LogP contribution in [0.5, 0.6) is 0 Å². The molecule has 12 heteroatoms. The Kier molecular flexibility index (Phi) is 6.06. The molecule has 9 nitrogen and oxygen atoms in total. The first-order valence-electron chi connectivity index (χ1n) is 11.9. The number of nitrogens with one attached hydrogen (secondary N) is 1. The van der Waals surface area contributed by atoms with E-state index in [-0.39, 0.29) is 40.4 Å². The lowest BCUT2D eigenvalue weighted by Gasteiger charge is -2.71. The summed E-state index contributed by atoms with van der Waals surface area (Å²) in [4.78, 5) is 35.9. The lowest BCUT2D eigenvalue weighted by atomic mass is 9.46. The SMILES string of the molecule is COC(=O)C1=C(CN2C3COCC34C(CC(=O)O)CC24)NC(c2nccs2)=N[C@H]1c1cccc(F)c1Cl.